The van der Waals surface area contributed by atoms with Gasteiger partial charge in [-0.2, -0.15) is 10.2 Å². The van der Waals surface area contributed by atoms with Crippen molar-refractivity contribution in [3.8, 4) is 5.75 Å². The predicted molar refractivity (Wildman–Crippen MR) is 168 cm³/mol. The fraction of sp³-hybridized carbons (Fsp3) is 0.387. The third-order valence-corrected chi connectivity index (χ3v) is 14.4. The average molecular weight is 574 g/mol. The number of fused-ring (bicyclic) bond motifs is 1. The quantitative estimate of drug-likeness (QED) is 0.125. The molecular formula is C31H39N5O2SSi. The van der Waals surface area contributed by atoms with Gasteiger partial charge in [0, 0.05) is 6.61 Å². The maximum Gasteiger partial charge on any atom is 0.231 e. The molecule has 0 saturated heterocycles. The van der Waals surface area contributed by atoms with E-state index in [0.29, 0.717) is 21.8 Å². The Labute approximate surface area is 242 Å². The van der Waals surface area contributed by atoms with Crippen LogP contribution in [0.25, 0.3) is 10.2 Å². The number of methoxy groups -OCH3 is 1. The molecule has 4 rings (SSSR count). The number of aromatic nitrogens is 1. The molecule has 4 aromatic rings. The van der Waals surface area contributed by atoms with Crippen LogP contribution in [0.3, 0.4) is 0 Å². The van der Waals surface area contributed by atoms with Crippen molar-refractivity contribution in [1.82, 2.24) is 4.98 Å². The Balaban J connectivity index is 1.36. The van der Waals surface area contributed by atoms with E-state index >= 15 is 0 Å². The first-order valence-corrected chi connectivity index (χ1v) is 16.8. The van der Waals surface area contributed by atoms with Crippen LogP contribution in [0.5, 0.6) is 5.75 Å². The van der Waals surface area contributed by atoms with Gasteiger partial charge < -0.3 is 9.16 Å². The van der Waals surface area contributed by atoms with Gasteiger partial charge >= 0.3 is 0 Å². The highest BCUT2D eigenvalue weighted by Crippen LogP contribution is 2.42. The number of nitrogens with zero attached hydrogens (tertiary/aromatic N) is 5. The summed E-state index contributed by atoms with van der Waals surface area (Å²) in [5.41, 5.74) is 6.21. The van der Waals surface area contributed by atoms with Crippen molar-refractivity contribution < 1.29 is 9.16 Å². The lowest BCUT2D eigenvalue weighted by Gasteiger charge is -2.42. The van der Waals surface area contributed by atoms with Crippen LogP contribution in [0.4, 0.5) is 22.2 Å². The third-order valence-electron chi connectivity index (χ3n) is 7.35. The van der Waals surface area contributed by atoms with Crippen molar-refractivity contribution in [3.05, 3.63) is 72.3 Å². The molecule has 0 unspecified atom stereocenters. The van der Waals surface area contributed by atoms with Crippen molar-refractivity contribution in [1.29, 1.82) is 0 Å². The summed E-state index contributed by atoms with van der Waals surface area (Å²) in [7, 11) is -0.201. The zero-order valence-electron chi connectivity index (χ0n) is 24.5. The Hall–Kier alpha value is -3.27. The molecule has 3 aromatic carbocycles. The van der Waals surface area contributed by atoms with E-state index in [9.17, 15) is 0 Å². The Bertz CT molecular complexity index is 1430. The first-order chi connectivity index (χ1) is 19.2. The number of thiazole rings is 1. The standard InChI is InChI=1S/C31H39N5O2SSi/c1-21(2)40(22(3)4,23(5)6)38-19-18-24-8-10-25(11-9-24)33-35-27-14-17-29-30(20-27)39-31(32-29)36-34-26-12-15-28(37-7)16-13-26/h8-17,20-23H,18-19H2,1-7H3. The molecule has 210 valence electrons. The molecule has 9 heteroatoms. The molecule has 0 aliphatic carbocycles. The Morgan fingerprint density at radius 1 is 0.725 bits per heavy atom. The second kappa shape index (κ2) is 13.4. The number of ether oxygens (including phenoxy) is 1. The predicted octanol–water partition coefficient (Wildman–Crippen LogP) is 10.9. The molecule has 40 heavy (non-hydrogen) atoms. The van der Waals surface area contributed by atoms with Crippen molar-refractivity contribution in [2.75, 3.05) is 13.7 Å². The van der Waals surface area contributed by atoms with Gasteiger partial charge in [0.1, 0.15) is 5.75 Å². The molecule has 1 heterocycles. The van der Waals surface area contributed by atoms with E-state index < -0.39 is 8.32 Å². The number of hydrogen-bond acceptors (Lipinski definition) is 8. The van der Waals surface area contributed by atoms with Gasteiger partial charge in [-0.1, -0.05) is 65.0 Å². The molecular weight excluding hydrogens is 535 g/mol. The van der Waals surface area contributed by atoms with Crippen LogP contribution in [0, 0.1) is 0 Å². The average Bonchev–Trinajstić information content (AvgIpc) is 3.35. The second-order valence-electron chi connectivity index (χ2n) is 10.8. The maximum atomic E-state index is 6.71. The van der Waals surface area contributed by atoms with Crippen LogP contribution >= 0.6 is 11.3 Å². The van der Waals surface area contributed by atoms with Gasteiger partial charge in [-0.25, -0.2) is 4.98 Å². The second-order valence-corrected chi connectivity index (χ2v) is 17.3. The first-order valence-electron chi connectivity index (χ1n) is 13.8. The van der Waals surface area contributed by atoms with E-state index in [1.807, 2.05) is 54.6 Å². The van der Waals surface area contributed by atoms with Gasteiger partial charge in [-0.05, 0) is 83.2 Å². The van der Waals surface area contributed by atoms with Crippen LogP contribution in [0.2, 0.25) is 16.6 Å². The molecule has 0 N–H and O–H groups in total. The van der Waals surface area contributed by atoms with Crippen LogP contribution in [-0.4, -0.2) is 27.0 Å². The van der Waals surface area contributed by atoms with E-state index in [0.717, 1.165) is 46.1 Å². The SMILES string of the molecule is COc1ccc(N=Nc2nc3ccc(N=Nc4ccc(CCO[Si](C(C)C)(C(C)C)C(C)C)cc4)cc3s2)cc1. The van der Waals surface area contributed by atoms with Crippen molar-refractivity contribution in [2.45, 2.75) is 64.6 Å². The summed E-state index contributed by atoms with van der Waals surface area (Å²) in [6.45, 7) is 14.7. The number of rotatable bonds is 12. The molecule has 0 spiro atoms. The van der Waals surface area contributed by atoms with Crippen LogP contribution in [0.15, 0.2) is 87.2 Å². The van der Waals surface area contributed by atoms with Crippen LogP contribution in [-0.2, 0) is 10.8 Å². The summed E-state index contributed by atoms with van der Waals surface area (Å²) in [5.74, 6) is 0.781. The van der Waals surface area contributed by atoms with Gasteiger partial charge in [0.05, 0.1) is 34.4 Å². The summed E-state index contributed by atoms with van der Waals surface area (Å²) in [6.07, 6.45) is 0.901. The Morgan fingerprint density at radius 3 is 1.88 bits per heavy atom. The summed E-state index contributed by atoms with van der Waals surface area (Å²) < 4.78 is 12.9. The molecule has 0 atom stereocenters. The van der Waals surface area contributed by atoms with Gasteiger partial charge in [0.2, 0.25) is 5.13 Å². The van der Waals surface area contributed by atoms with Gasteiger partial charge in [0.25, 0.3) is 0 Å². The third kappa shape index (κ3) is 7.07. The van der Waals surface area contributed by atoms with E-state index in [2.05, 4.69) is 79.1 Å². The highest BCUT2D eigenvalue weighted by atomic mass is 32.1. The van der Waals surface area contributed by atoms with Gasteiger partial charge in [0.15, 0.2) is 8.32 Å². The summed E-state index contributed by atoms with van der Waals surface area (Å²) in [5, 5.41) is 18.0. The van der Waals surface area contributed by atoms with Crippen molar-refractivity contribution in [3.63, 3.8) is 0 Å². The molecule has 0 amide bonds. The van der Waals surface area contributed by atoms with Crippen molar-refractivity contribution >= 4 is 52.1 Å². The number of hydrogen-bond donors (Lipinski definition) is 0. The zero-order valence-corrected chi connectivity index (χ0v) is 26.3. The number of azo groups is 2. The maximum absolute atomic E-state index is 6.71. The molecule has 0 aliphatic rings. The monoisotopic (exact) mass is 573 g/mol. The van der Waals surface area contributed by atoms with E-state index in [1.54, 1.807) is 7.11 Å². The molecule has 0 bridgehead atoms. The lowest BCUT2D eigenvalue weighted by atomic mass is 10.1. The van der Waals surface area contributed by atoms with E-state index in [1.165, 1.54) is 16.9 Å². The normalized spacial score (nSPS) is 12.7. The highest BCUT2D eigenvalue weighted by molar-refractivity contribution is 7.21. The summed E-state index contributed by atoms with van der Waals surface area (Å²) in [4.78, 5) is 4.55. The van der Waals surface area contributed by atoms with E-state index in [4.69, 9.17) is 9.16 Å². The lowest BCUT2D eigenvalue weighted by Crippen LogP contribution is -2.48. The minimum atomic E-state index is -1.84. The number of benzene rings is 3. The molecule has 0 saturated carbocycles. The molecule has 0 aliphatic heterocycles. The molecule has 0 radical (unpaired) electrons. The van der Waals surface area contributed by atoms with Gasteiger partial charge in [-0.3, -0.25) is 0 Å². The minimum Gasteiger partial charge on any atom is -0.497 e. The summed E-state index contributed by atoms with van der Waals surface area (Å²) in [6, 6.07) is 21.5. The first kappa shape index (κ1) is 29.7. The summed E-state index contributed by atoms with van der Waals surface area (Å²) >= 11 is 1.47. The van der Waals surface area contributed by atoms with E-state index in [-0.39, 0.29) is 0 Å². The fourth-order valence-electron chi connectivity index (χ4n) is 5.45. The smallest absolute Gasteiger partial charge is 0.231 e. The highest BCUT2D eigenvalue weighted by Gasteiger charge is 2.44. The van der Waals surface area contributed by atoms with Crippen LogP contribution < -0.4 is 4.74 Å². The molecule has 0 fully saturated rings. The van der Waals surface area contributed by atoms with Crippen molar-refractivity contribution in [2.24, 2.45) is 20.5 Å². The minimum absolute atomic E-state index is 0.592. The largest absolute Gasteiger partial charge is 0.497 e. The molecule has 7 nitrogen and oxygen atoms in total. The van der Waals surface area contributed by atoms with Gasteiger partial charge in [-0.15, -0.1) is 10.2 Å². The fourth-order valence-corrected chi connectivity index (χ4v) is 11.7. The lowest BCUT2D eigenvalue weighted by molar-refractivity contribution is 0.281. The van der Waals surface area contributed by atoms with Crippen LogP contribution in [0.1, 0.15) is 47.1 Å². The molecule has 1 aromatic heterocycles. The zero-order chi connectivity index (χ0) is 28.7. The topological polar surface area (TPSA) is 80.8 Å². The Morgan fingerprint density at radius 2 is 1.27 bits per heavy atom. The Kier molecular flexibility index (Phi) is 9.94.